The minimum Gasteiger partial charge on any atom is -0.440 e. The van der Waals surface area contributed by atoms with Crippen LogP contribution in [0, 0.1) is 0 Å². The van der Waals surface area contributed by atoms with E-state index in [4.69, 9.17) is 4.42 Å². The zero-order valence-electron chi connectivity index (χ0n) is 14.9. The average Bonchev–Trinajstić information content (AvgIpc) is 3.50. The van der Waals surface area contributed by atoms with Crippen LogP contribution in [0.25, 0.3) is 11.5 Å². The Morgan fingerprint density at radius 2 is 1.85 bits per heavy atom. The number of hydrogen-bond acceptors (Lipinski definition) is 4. The summed E-state index contributed by atoms with van der Waals surface area (Å²) < 4.78 is 6.09. The van der Waals surface area contributed by atoms with Gasteiger partial charge in [-0.15, -0.1) is 11.8 Å². The Balaban J connectivity index is 1.56. The first-order valence-corrected chi connectivity index (χ1v) is 10.4. The van der Waals surface area contributed by atoms with Gasteiger partial charge < -0.3 is 9.32 Å². The Bertz CT molecular complexity index is 979. The van der Waals surface area contributed by atoms with Crippen molar-refractivity contribution < 1.29 is 9.21 Å². The molecule has 1 aliphatic heterocycles. The minimum absolute atomic E-state index is 0.0437. The number of benzene rings is 2. The van der Waals surface area contributed by atoms with Gasteiger partial charge in [-0.25, -0.2) is 4.98 Å². The van der Waals surface area contributed by atoms with E-state index >= 15 is 0 Å². The summed E-state index contributed by atoms with van der Waals surface area (Å²) in [5.41, 5.74) is 2.37. The highest BCUT2D eigenvalue weighted by molar-refractivity contribution is 7.99. The molecule has 2 aliphatic rings. The van der Waals surface area contributed by atoms with Gasteiger partial charge in [-0.3, -0.25) is 4.79 Å². The van der Waals surface area contributed by atoms with Crippen molar-refractivity contribution in [3.05, 3.63) is 66.1 Å². The van der Waals surface area contributed by atoms with Crippen LogP contribution in [-0.4, -0.2) is 23.2 Å². The smallest absolute Gasteiger partial charge is 0.280 e. The third kappa shape index (κ3) is 3.16. The van der Waals surface area contributed by atoms with Gasteiger partial charge in [0.25, 0.3) is 5.91 Å². The zero-order valence-corrected chi connectivity index (χ0v) is 15.7. The number of fused-ring (bicyclic) bond motifs is 1. The monoisotopic (exact) mass is 376 g/mol. The maximum Gasteiger partial charge on any atom is 0.280 e. The van der Waals surface area contributed by atoms with Gasteiger partial charge in [0.15, 0.2) is 5.69 Å². The molecule has 5 rings (SSSR count). The number of carbonyl (C=O) groups excluding carboxylic acids is 1. The summed E-state index contributed by atoms with van der Waals surface area (Å²) in [5, 5.41) is 0. The fourth-order valence-corrected chi connectivity index (χ4v) is 4.47. The second-order valence-corrected chi connectivity index (χ2v) is 8.14. The Morgan fingerprint density at radius 1 is 1.07 bits per heavy atom. The van der Waals surface area contributed by atoms with Gasteiger partial charge in [0, 0.05) is 22.9 Å². The molecule has 0 spiro atoms. The molecule has 4 nitrogen and oxygen atoms in total. The molecule has 3 aromatic rings. The first kappa shape index (κ1) is 16.6. The molecule has 136 valence electrons. The predicted molar refractivity (Wildman–Crippen MR) is 107 cm³/mol. The van der Waals surface area contributed by atoms with Crippen molar-refractivity contribution in [1.29, 1.82) is 0 Å². The Hall–Kier alpha value is -2.53. The molecule has 0 atom stereocenters. The summed E-state index contributed by atoms with van der Waals surface area (Å²) in [5.74, 6) is 2.60. The molecular formula is C22H20N2O2S. The van der Waals surface area contributed by atoms with Gasteiger partial charge in [0.2, 0.25) is 5.89 Å². The molecule has 0 radical (unpaired) electrons. The molecule has 0 saturated heterocycles. The van der Waals surface area contributed by atoms with Crippen LogP contribution in [0.15, 0.2) is 63.9 Å². The molecule has 1 fully saturated rings. The Kier molecular flexibility index (Phi) is 4.24. The van der Waals surface area contributed by atoms with E-state index in [0.717, 1.165) is 46.9 Å². The summed E-state index contributed by atoms with van der Waals surface area (Å²) >= 11 is 1.81. The number of oxazole rings is 1. The summed E-state index contributed by atoms with van der Waals surface area (Å²) in [4.78, 5) is 21.2. The van der Waals surface area contributed by atoms with E-state index < -0.39 is 0 Å². The quantitative estimate of drug-likeness (QED) is 0.617. The van der Waals surface area contributed by atoms with Gasteiger partial charge in [-0.05, 0) is 49.3 Å². The van der Waals surface area contributed by atoms with E-state index in [9.17, 15) is 4.79 Å². The highest BCUT2D eigenvalue weighted by Crippen LogP contribution is 2.44. The van der Waals surface area contributed by atoms with Crippen LogP contribution in [0.1, 0.15) is 41.4 Å². The van der Waals surface area contributed by atoms with Crippen molar-refractivity contribution in [3.8, 4) is 11.5 Å². The first-order valence-electron chi connectivity index (χ1n) is 9.41. The lowest BCUT2D eigenvalue weighted by molar-refractivity contribution is 0.0980. The lowest BCUT2D eigenvalue weighted by atomic mass is 10.2. The molecule has 2 aromatic carbocycles. The van der Waals surface area contributed by atoms with Gasteiger partial charge in [-0.1, -0.05) is 30.3 Å². The van der Waals surface area contributed by atoms with E-state index in [1.807, 2.05) is 65.2 Å². The summed E-state index contributed by atoms with van der Waals surface area (Å²) in [6.07, 6.45) is 3.10. The highest BCUT2D eigenvalue weighted by Gasteiger charge is 2.36. The lowest BCUT2D eigenvalue weighted by Crippen LogP contribution is -2.32. The van der Waals surface area contributed by atoms with Gasteiger partial charge in [-0.2, -0.15) is 0 Å². The van der Waals surface area contributed by atoms with E-state index in [1.165, 1.54) is 0 Å². The second kappa shape index (κ2) is 6.89. The first-order chi connectivity index (χ1) is 13.3. The number of aromatic nitrogens is 1. The number of carbonyl (C=O) groups is 1. The van der Waals surface area contributed by atoms with Crippen molar-refractivity contribution in [1.82, 2.24) is 4.98 Å². The van der Waals surface area contributed by atoms with Gasteiger partial charge in [0.05, 0.1) is 5.69 Å². The molecule has 1 saturated carbocycles. The maximum atomic E-state index is 13.5. The molecule has 2 heterocycles. The number of para-hydroxylation sites is 1. The van der Waals surface area contributed by atoms with Crippen LogP contribution in [0.3, 0.4) is 0 Å². The summed E-state index contributed by atoms with van der Waals surface area (Å²) in [6.45, 7) is 0.709. The number of hydrogen-bond donors (Lipinski definition) is 0. The molecule has 27 heavy (non-hydrogen) atoms. The average molecular weight is 376 g/mol. The van der Waals surface area contributed by atoms with Crippen molar-refractivity contribution in [2.24, 2.45) is 0 Å². The minimum atomic E-state index is -0.0437. The van der Waals surface area contributed by atoms with Crippen LogP contribution >= 0.6 is 11.8 Å². The number of thioether (sulfide) groups is 1. The summed E-state index contributed by atoms with van der Waals surface area (Å²) in [6, 6.07) is 18.0. The number of anilines is 1. The molecule has 0 bridgehead atoms. The van der Waals surface area contributed by atoms with E-state index in [0.29, 0.717) is 24.0 Å². The molecule has 5 heteroatoms. The fraction of sp³-hybridized carbons (Fsp3) is 0.273. The van der Waals surface area contributed by atoms with Crippen LogP contribution in [0.2, 0.25) is 0 Å². The lowest BCUT2D eigenvalue weighted by Gasteiger charge is -2.21. The third-order valence-electron chi connectivity index (χ3n) is 5.01. The van der Waals surface area contributed by atoms with E-state index in [-0.39, 0.29) is 5.91 Å². The fourth-order valence-electron chi connectivity index (χ4n) is 3.48. The van der Waals surface area contributed by atoms with Crippen molar-refractivity contribution in [3.63, 3.8) is 0 Å². The topological polar surface area (TPSA) is 46.3 Å². The van der Waals surface area contributed by atoms with Gasteiger partial charge in [0.1, 0.15) is 5.76 Å². The molecule has 0 unspecified atom stereocenters. The molecule has 1 aliphatic carbocycles. The zero-order chi connectivity index (χ0) is 18.2. The number of amides is 1. The van der Waals surface area contributed by atoms with Crippen LogP contribution in [0.4, 0.5) is 5.69 Å². The normalized spacial score (nSPS) is 16.7. The number of nitrogens with zero attached hydrogens (tertiary/aromatic N) is 2. The standard InChI is InChI=1S/C22H20N2O2S/c25-22(24-13-6-14-27-18-10-5-4-9-17(18)24)19-20(15-11-12-15)26-21(23-19)16-7-2-1-3-8-16/h1-5,7-10,15H,6,11-14H2. The van der Waals surface area contributed by atoms with E-state index in [1.54, 1.807) is 0 Å². The van der Waals surface area contributed by atoms with Crippen molar-refractivity contribution >= 4 is 23.4 Å². The third-order valence-corrected chi connectivity index (χ3v) is 6.16. The Labute approximate surface area is 162 Å². The Morgan fingerprint density at radius 3 is 2.67 bits per heavy atom. The van der Waals surface area contributed by atoms with Crippen LogP contribution in [0.5, 0.6) is 0 Å². The summed E-state index contributed by atoms with van der Waals surface area (Å²) in [7, 11) is 0. The van der Waals surface area contributed by atoms with E-state index in [2.05, 4.69) is 11.1 Å². The number of rotatable bonds is 3. The molecule has 0 N–H and O–H groups in total. The SMILES string of the molecule is O=C(c1nc(-c2ccccc2)oc1C1CC1)N1CCCSc2ccccc21. The van der Waals surface area contributed by atoms with Crippen molar-refractivity contribution in [2.75, 3.05) is 17.2 Å². The molecule has 1 amide bonds. The predicted octanol–water partition coefficient (Wildman–Crippen LogP) is 5.36. The largest absolute Gasteiger partial charge is 0.440 e. The van der Waals surface area contributed by atoms with Crippen LogP contribution < -0.4 is 4.90 Å². The molecule has 1 aromatic heterocycles. The van der Waals surface area contributed by atoms with Gasteiger partial charge >= 0.3 is 0 Å². The highest BCUT2D eigenvalue weighted by atomic mass is 32.2. The second-order valence-electron chi connectivity index (χ2n) is 7.00. The van der Waals surface area contributed by atoms with Crippen LogP contribution in [-0.2, 0) is 0 Å². The molecular weight excluding hydrogens is 356 g/mol. The van der Waals surface area contributed by atoms with Crippen molar-refractivity contribution in [2.45, 2.75) is 30.1 Å². The maximum absolute atomic E-state index is 13.5.